The van der Waals surface area contributed by atoms with Crippen LogP contribution in [-0.4, -0.2) is 134 Å². The number of ether oxygens (including phenoxy) is 5. The van der Waals surface area contributed by atoms with Gasteiger partial charge in [-0.25, -0.2) is 9.67 Å². The molecule has 0 radical (unpaired) electrons. The highest BCUT2D eigenvalue weighted by atomic mass is 16.7. The van der Waals surface area contributed by atoms with Crippen LogP contribution >= 0.6 is 0 Å². The molecule has 1 aromatic heterocycles. The van der Waals surface area contributed by atoms with Gasteiger partial charge in [-0.1, -0.05) is 38.1 Å². The standard InChI is InChI=1S/C40H60N6O10/c1-10-32-40(7,50)33-16-30(41)23(2)17-39(6,52-20-28(19-51-33)44-53-18-27-11-13-29(14-12-27)46-22-42-21-43-46)36(25(4)34(47)26(5)37(49)55-32)56-38-35(48)31(45(8)9)15-24(3)54-38/h11-14,21-26,31-33,35-36,38,41,48,50H,10,15-20H2,1-9H3/b41-30?,44-28-/t23-,24-,25+,26-,31+,32-,33-,35-,36-,38+,39-,40-/m1/s1. The van der Waals surface area contributed by atoms with Gasteiger partial charge in [-0.3, -0.25) is 9.59 Å². The summed E-state index contributed by atoms with van der Waals surface area (Å²) in [5.41, 5.74) is -0.823. The molecule has 4 heterocycles. The van der Waals surface area contributed by atoms with Gasteiger partial charge in [-0.05, 0) is 84.7 Å². The molecule has 0 aliphatic carbocycles. The minimum atomic E-state index is -1.76. The molecule has 0 unspecified atom stereocenters. The number of ketones is 1. The number of Topliss-reactive ketones (excluding diaryl/α,β-unsaturated/α-hetero) is 1. The lowest BCUT2D eigenvalue weighted by molar-refractivity contribution is -0.296. The smallest absolute Gasteiger partial charge is 0.316 e. The normalized spacial score (nSPS) is 37.4. The van der Waals surface area contributed by atoms with Crippen molar-refractivity contribution in [3.05, 3.63) is 42.5 Å². The molecule has 1 aromatic carbocycles. The summed E-state index contributed by atoms with van der Waals surface area (Å²) >= 11 is 0. The predicted octanol–water partition coefficient (Wildman–Crippen LogP) is 3.49. The van der Waals surface area contributed by atoms with Crippen molar-refractivity contribution in [1.29, 1.82) is 5.41 Å². The lowest BCUT2D eigenvalue weighted by Gasteiger charge is -2.47. The summed E-state index contributed by atoms with van der Waals surface area (Å²) in [6, 6.07) is 7.25. The van der Waals surface area contributed by atoms with Gasteiger partial charge >= 0.3 is 5.97 Å². The van der Waals surface area contributed by atoms with Crippen LogP contribution in [0.3, 0.4) is 0 Å². The topological polar surface area (TPSA) is 200 Å². The zero-order valence-electron chi connectivity index (χ0n) is 34.1. The fourth-order valence-corrected chi connectivity index (χ4v) is 7.96. The van der Waals surface area contributed by atoms with Crippen molar-refractivity contribution in [3.63, 3.8) is 0 Å². The van der Waals surface area contributed by atoms with Gasteiger partial charge in [0.15, 0.2) is 12.1 Å². The van der Waals surface area contributed by atoms with Crippen molar-refractivity contribution in [2.75, 3.05) is 27.3 Å². The van der Waals surface area contributed by atoms with Crippen LogP contribution < -0.4 is 0 Å². The summed E-state index contributed by atoms with van der Waals surface area (Å²) < 4.78 is 33.6. The number of aromatic nitrogens is 3. The number of nitrogens with zero attached hydrogens (tertiary/aromatic N) is 5. The van der Waals surface area contributed by atoms with E-state index in [9.17, 15) is 25.2 Å². The molecule has 5 rings (SSSR count). The number of hydrogen-bond acceptors (Lipinski definition) is 15. The van der Waals surface area contributed by atoms with Crippen molar-refractivity contribution in [1.82, 2.24) is 19.7 Å². The van der Waals surface area contributed by atoms with Gasteiger partial charge in [0, 0.05) is 24.1 Å². The Morgan fingerprint density at radius 2 is 1.82 bits per heavy atom. The van der Waals surface area contributed by atoms with Crippen molar-refractivity contribution in [2.45, 2.75) is 135 Å². The number of aliphatic hydroxyl groups is 2. The van der Waals surface area contributed by atoms with Gasteiger partial charge in [0.2, 0.25) is 0 Å². The minimum absolute atomic E-state index is 0.00654. The number of rotatable bonds is 8. The molecule has 0 amide bonds. The van der Waals surface area contributed by atoms with Gasteiger partial charge in [-0.2, -0.15) is 5.10 Å². The molecule has 16 heteroatoms. The number of oxime groups is 1. The molecule has 16 nitrogen and oxygen atoms in total. The first kappa shape index (κ1) is 43.5. The van der Waals surface area contributed by atoms with E-state index in [4.69, 9.17) is 28.5 Å². The maximum Gasteiger partial charge on any atom is 0.316 e. The molecule has 0 spiro atoms. The summed E-state index contributed by atoms with van der Waals surface area (Å²) in [4.78, 5) is 39.8. The van der Waals surface area contributed by atoms with Crippen LogP contribution in [0, 0.1) is 23.2 Å². The monoisotopic (exact) mass is 784 g/mol. The first-order valence-corrected chi connectivity index (χ1v) is 19.5. The van der Waals surface area contributed by atoms with Crippen LogP contribution in [-0.2, 0) is 44.7 Å². The van der Waals surface area contributed by atoms with Crippen LogP contribution in [0.2, 0.25) is 0 Å². The van der Waals surface area contributed by atoms with Crippen LogP contribution in [0.15, 0.2) is 42.1 Å². The van der Waals surface area contributed by atoms with E-state index in [0.29, 0.717) is 12.1 Å². The molecule has 12 atom stereocenters. The number of benzene rings is 1. The highest BCUT2D eigenvalue weighted by molar-refractivity contribution is 6.00. The second-order valence-electron chi connectivity index (χ2n) is 16.3. The lowest BCUT2D eigenvalue weighted by Crippen LogP contribution is -2.59. The van der Waals surface area contributed by atoms with Crippen LogP contribution in [0.4, 0.5) is 0 Å². The number of nitrogens with one attached hydrogen (secondary N) is 1. The Hall–Kier alpha value is -3.64. The molecule has 3 N–H and O–H groups in total. The summed E-state index contributed by atoms with van der Waals surface area (Å²) in [6.45, 7) is 11.8. The number of cyclic esters (lactones) is 1. The molecule has 3 aliphatic heterocycles. The van der Waals surface area contributed by atoms with E-state index in [1.807, 2.05) is 57.1 Å². The van der Waals surface area contributed by atoms with E-state index < -0.39 is 71.4 Å². The van der Waals surface area contributed by atoms with E-state index >= 15 is 0 Å². The summed E-state index contributed by atoms with van der Waals surface area (Å²) in [5.74, 6) is -3.93. The van der Waals surface area contributed by atoms with E-state index in [1.54, 1.807) is 31.8 Å². The van der Waals surface area contributed by atoms with E-state index in [1.165, 1.54) is 20.2 Å². The summed E-state index contributed by atoms with van der Waals surface area (Å²) in [7, 11) is 3.75. The van der Waals surface area contributed by atoms with Crippen molar-refractivity contribution in [3.8, 4) is 5.69 Å². The van der Waals surface area contributed by atoms with Crippen molar-refractivity contribution >= 4 is 23.2 Å². The number of aliphatic hydroxyl groups excluding tert-OH is 1. The maximum absolute atomic E-state index is 14.3. The Labute approximate surface area is 329 Å². The second kappa shape index (κ2) is 18.3. The quantitative estimate of drug-likeness (QED) is 0.200. The number of hydrogen-bond donors (Lipinski definition) is 3. The molecule has 2 aromatic rings. The second-order valence-corrected chi connectivity index (χ2v) is 16.3. The Morgan fingerprint density at radius 3 is 2.46 bits per heavy atom. The Kier molecular flexibility index (Phi) is 14.2. The first-order chi connectivity index (χ1) is 26.4. The van der Waals surface area contributed by atoms with Gasteiger partial charge in [0.1, 0.15) is 48.7 Å². The SMILES string of the molecule is CC[C@H]1OC(=O)[C@H](C)C(=O)[C@H](C)[C@@H](O[C@@H]2O[C@H](C)C[C@H](N(C)C)[C@H]2O)[C@@]2(C)C[C@@H](C)C(=N)C[C@@H](OC/C(=N/OCc3ccc(-n4cncn4)cc3)CO2)[C@]1(C)O. The number of likely N-dealkylation sites (N-methyl/N-ethyl adjacent to an activating group) is 1. The molecule has 2 bridgehead atoms. The molecule has 3 saturated heterocycles. The molecule has 3 aliphatic rings. The first-order valence-electron chi connectivity index (χ1n) is 19.5. The van der Waals surface area contributed by atoms with Crippen molar-refractivity contribution < 1.29 is 48.3 Å². The number of carbonyl (C=O) groups is 2. The third-order valence-electron chi connectivity index (χ3n) is 11.6. The molecule has 0 saturated carbocycles. The Balaban J connectivity index is 1.55. The van der Waals surface area contributed by atoms with Gasteiger partial charge < -0.3 is 49.0 Å². The van der Waals surface area contributed by atoms with E-state index in [-0.39, 0.29) is 56.9 Å². The molecular weight excluding hydrogens is 724 g/mol. The lowest BCUT2D eigenvalue weighted by atomic mass is 9.76. The number of esters is 1. The zero-order chi connectivity index (χ0) is 40.9. The molecule has 3 fully saturated rings. The molecular formula is C40H60N6O10. The number of carbonyl (C=O) groups excluding carboxylic acids is 2. The third kappa shape index (κ3) is 9.89. The van der Waals surface area contributed by atoms with Crippen molar-refractivity contribution in [2.24, 2.45) is 22.9 Å². The van der Waals surface area contributed by atoms with Crippen LogP contribution in [0.5, 0.6) is 0 Å². The van der Waals surface area contributed by atoms with Gasteiger partial charge in [0.05, 0.1) is 42.8 Å². The maximum atomic E-state index is 14.3. The average Bonchev–Trinajstić information content (AvgIpc) is 3.70. The van der Waals surface area contributed by atoms with E-state index in [0.717, 1.165) is 11.3 Å². The fraction of sp³-hybridized carbons (Fsp3) is 0.700. The highest BCUT2D eigenvalue weighted by Crippen LogP contribution is 2.38. The Morgan fingerprint density at radius 1 is 1.11 bits per heavy atom. The third-order valence-corrected chi connectivity index (χ3v) is 11.6. The molecule has 56 heavy (non-hydrogen) atoms. The fourth-order valence-electron chi connectivity index (χ4n) is 7.96. The highest BCUT2D eigenvalue weighted by Gasteiger charge is 2.51. The average molecular weight is 785 g/mol. The predicted molar refractivity (Wildman–Crippen MR) is 205 cm³/mol. The summed E-state index contributed by atoms with van der Waals surface area (Å²) in [5, 5.41) is 41.5. The van der Waals surface area contributed by atoms with Crippen LogP contribution in [0.1, 0.15) is 79.7 Å². The zero-order valence-corrected chi connectivity index (χ0v) is 34.1. The Bertz CT molecular complexity index is 1670. The van der Waals surface area contributed by atoms with E-state index in [2.05, 4.69) is 15.2 Å². The van der Waals surface area contributed by atoms with Gasteiger partial charge in [-0.15, -0.1) is 0 Å². The van der Waals surface area contributed by atoms with Gasteiger partial charge in [0.25, 0.3) is 0 Å². The largest absolute Gasteiger partial charge is 0.459 e. The number of fused-ring (bicyclic) bond motifs is 5. The van der Waals surface area contributed by atoms with Crippen LogP contribution in [0.25, 0.3) is 5.69 Å². The molecule has 310 valence electrons. The summed E-state index contributed by atoms with van der Waals surface area (Å²) in [6.07, 6.45) is -1.59. The minimum Gasteiger partial charge on any atom is -0.459 e.